The minimum Gasteiger partial charge on any atom is -0.329 e. The number of piperazine rings is 1. The molecule has 7 heteroatoms. The molecule has 0 saturated carbocycles. The van der Waals surface area contributed by atoms with Crippen LogP contribution in [0.15, 0.2) is 59.5 Å². The SMILES string of the molecule is O=S(=O)(c1ccc(F)c(Cl)c1)N1CC[NH+](C/C=C/c2ccccc2)CC1. The third-order valence-corrected chi connectivity index (χ3v) is 6.66. The Bertz CT molecular complexity index is 880. The van der Waals surface area contributed by atoms with Crippen LogP contribution in [0.5, 0.6) is 0 Å². The number of nitrogens with zero attached hydrogens (tertiary/aromatic N) is 1. The molecule has 0 bridgehead atoms. The van der Waals surface area contributed by atoms with Gasteiger partial charge in [0.25, 0.3) is 0 Å². The Morgan fingerprint density at radius 2 is 1.81 bits per heavy atom. The molecule has 4 nitrogen and oxygen atoms in total. The standard InChI is InChI=1S/C19H20ClFN2O2S/c20-18-15-17(8-9-19(18)21)26(24,25)23-13-11-22(12-14-23)10-4-7-16-5-2-1-3-6-16/h1-9,15H,10-14H2/p+1/b7-4+. The van der Waals surface area contributed by atoms with Gasteiger partial charge in [0, 0.05) is 0 Å². The van der Waals surface area contributed by atoms with Crippen molar-refractivity contribution in [3.8, 4) is 0 Å². The second kappa shape index (κ2) is 8.31. The van der Waals surface area contributed by atoms with Crippen molar-refractivity contribution in [1.29, 1.82) is 0 Å². The molecule has 1 saturated heterocycles. The van der Waals surface area contributed by atoms with Crippen LogP contribution in [-0.2, 0) is 10.0 Å². The predicted octanol–water partition coefficient (Wildman–Crippen LogP) is 2.08. The lowest BCUT2D eigenvalue weighted by Gasteiger charge is -2.31. The van der Waals surface area contributed by atoms with E-state index in [1.54, 1.807) is 0 Å². The van der Waals surface area contributed by atoms with E-state index in [9.17, 15) is 12.8 Å². The van der Waals surface area contributed by atoms with E-state index in [1.807, 2.05) is 30.3 Å². The molecule has 26 heavy (non-hydrogen) atoms. The molecule has 2 aromatic rings. The van der Waals surface area contributed by atoms with Crippen molar-refractivity contribution in [1.82, 2.24) is 4.31 Å². The lowest BCUT2D eigenvalue weighted by Crippen LogP contribution is -3.14. The summed E-state index contributed by atoms with van der Waals surface area (Å²) in [7, 11) is -3.64. The van der Waals surface area contributed by atoms with Crippen LogP contribution in [0.25, 0.3) is 6.08 Å². The highest BCUT2D eigenvalue weighted by Gasteiger charge is 2.30. The number of benzene rings is 2. The van der Waals surface area contributed by atoms with Gasteiger partial charge in [-0.15, -0.1) is 0 Å². The Balaban J connectivity index is 1.57. The number of sulfonamides is 1. The summed E-state index contributed by atoms with van der Waals surface area (Å²) < 4.78 is 40.1. The summed E-state index contributed by atoms with van der Waals surface area (Å²) in [6.07, 6.45) is 4.20. The summed E-state index contributed by atoms with van der Waals surface area (Å²) in [5.41, 5.74) is 1.15. The normalized spacial score (nSPS) is 17.0. The zero-order valence-electron chi connectivity index (χ0n) is 14.2. The average Bonchev–Trinajstić information content (AvgIpc) is 2.65. The summed E-state index contributed by atoms with van der Waals surface area (Å²) >= 11 is 5.72. The maximum Gasteiger partial charge on any atom is 0.243 e. The molecular weight excluding hydrogens is 375 g/mol. The Kier molecular flexibility index (Phi) is 6.09. The van der Waals surface area contributed by atoms with E-state index in [0.717, 1.165) is 31.3 Å². The molecule has 0 unspecified atom stereocenters. The number of nitrogens with one attached hydrogen (secondary N) is 1. The molecule has 138 valence electrons. The summed E-state index contributed by atoms with van der Waals surface area (Å²) in [6, 6.07) is 13.6. The van der Waals surface area contributed by atoms with Crippen molar-refractivity contribution in [2.45, 2.75) is 4.90 Å². The maximum atomic E-state index is 13.3. The molecule has 1 aliphatic heterocycles. The molecular formula is C19H21ClFN2O2S+. The monoisotopic (exact) mass is 395 g/mol. The van der Waals surface area contributed by atoms with E-state index >= 15 is 0 Å². The Morgan fingerprint density at radius 1 is 1.12 bits per heavy atom. The molecule has 1 aliphatic rings. The zero-order valence-corrected chi connectivity index (χ0v) is 15.8. The molecule has 1 N–H and O–H groups in total. The summed E-state index contributed by atoms with van der Waals surface area (Å²) in [5.74, 6) is -0.620. The van der Waals surface area contributed by atoms with Gasteiger partial charge in [-0.25, -0.2) is 12.8 Å². The van der Waals surface area contributed by atoms with Gasteiger partial charge in [0.05, 0.1) is 42.6 Å². The molecule has 0 spiro atoms. The van der Waals surface area contributed by atoms with Crippen LogP contribution in [0.3, 0.4) is 0 Å². The molecule has 2 aromatic carbocycles. The maximum absolute atomic E-state index is 13.3. The van der Waals surface area contributed by atoms with Gasteiger partial charge in [-0.1, -0.05) is 48.0 Å². The van der Waals surface area contributed by atoms with Gasteiger partial charge in [0.2, 0.25) is 10.0 Å². The molecule has 0 radical (unpaired) electrons. The second-order valence-corrected chi connectivity index (χ2v) is 8.59. The lowest BCUT2D eigenvalue weighted by molar-refractivity contribution is -0.897. The number of quaternary nitrogens is 1. The van der Waals surface area contributed by atoms with E-state index in [2.05, 4.69) is 12.2 Å². The van der Waals surface area contributed by atoms with Crippen molar-refractivity contribution < 1.29 is 17.7 Å². The topological polar surface area (TPSA) is 41.8 Å². The van der Waals surface area contributed by atoms with Gasteiger partial charge in [0.1, 0.15) is 5.82 Å². The Labute approximate surface area is 158 Å². The van der Waals surface area contributed by atoms with Crippen LogP contribution < -0.4 is 4.90 Å². The van der Waals surface area contributed by atoms with Crippen LogP contribution in [0, 0.1) is 5.82 Å². The van der Waals surface area contributed by atoms with Gasteiger partial charge in [-0.2, -0.15) is 4.31 Å². The largest absolute Gasteiger partial charge is 0.329 e. The zero-order chi connectivity index (χ0) is 18.6. The molecule has 0 atom stereocenters. The summed E-state index contributed by atoms with van der Waals surface area (Å²) in [5, 5.41) is -0.179. The number of halogens is 2. The fourth-order valence-electron chi connectivity index (χ4n) is 2.96. The first-order valence-electron chi connectivity index (χ1n) is 8.47. The van der Waals surface area contributed by atoms with E-state index in [-0.39, 0.29) is 9.92 Å². The number of hydrogen-bond donors (Lipinski definition) is 1. The van der Waals surface area contributed by atoms with Gasteiger partial charge in [-0.05, 0) is 29.8 Å². The van der Waals surface area contributed by atoms with Crippen molar-refractivity contribution in [3.05, 3.63) is 71.0 Å². The quantitative estimate of drug-likeness (QED) is 0.842. The van der Waals surface area contributed by atoms with Crippen LogP contribution in [0.2, 0.25) is 5.02 Å². The first-order chi connectivity index (χ1) is 12.5. The van der Waals surface area contributed by atoms with Crippen molar-refractivity contribution in [2.75, 3.05) is 32.7 Å². The van der Waals surface area contributed by atoms with Crippen LogP contribution in [-0.4, -0.2) is 45.4 Å². The number of hydrogen-bond acceptors (Lipinski definition) is 2. The van der Waals surface area contributed by atoms with Gasteiger partial charge in [0.15, 0.2) is 0 Å². The highest BCUT2D eigenvalue weighted by Crippen LogP contribution is 2.22. The lowest BCUT2D eigenvalue weighted by atomic mass is 10.2. The van der Waals surface area contributed by atoms with E-state index < -0.39 is 15.8 Å². The summed E-state index contributed by atoms with van der Waals surface area (Å²) in [6.45, 7) is 3.18. The Morgan fingerprint density at radius 3 is 2.46 bits per heavy atom. The van der Waals surface area contributed by atoms with Crippen LogP contribution in [0.4, 0.5) is 4.39 Å². The van der Waals surface area contributed by atoms with Crippen LogP contribution in [0.1, 0.15) is 5.56 Å². The minimum absolute atomic E-state index is 0.0383. The third kappa shape index (κ3) is 4.51. The highest BCUT2D eigenvalue weighted by atomic mass is 35.5. The second-order valence-electron chi connectivity index (χ2n) is 6.25. The van der Waals surface area contributed by atoms with Crippen molar-refractivity contribution >= 4 is 27.7 Å². The third-order valence-electron chi connectivity index (χ3n) is 4.47. The van der Waals surface area contributed by atoms with Crippen molar-refractivity contribution in [3.63, 3.8) is 0 Å². The molecule has 0 aromatic heterocycles. The van der Waals surface area contributed by atoms with E-state index in [4.69, 9.17) is 11.6 Å². The first kappa shape index (κ1) is 19.0. The molecule has 0 amide bonds. The minimum atomic E-state index is -3.64. The molecule has 1 heterocycles. The predicted molar refractivity (Wildman–Crippen MR) is 101 cm³/mol. The van der Waals surface area contributed by atoms with E-state index in [0.29, 0.717) is 13.1 Å². The fraction of sp³-hybridized carbons (Fsp3) is 0.263. The average molecular weight is 396 g/mol. The molecule has 3 rings (SSSR count). The van der Waals surface area contributed by atoms with Gasteiger partial charge >= 0.3 is 0 Å². The van der Waals surface area contributed by atoms with Gasteiger partial charge < -0.3 is 4.90 Å². The van der Waals surface area contributed by atoms with Gasteiger partial charge in [-0.3, -0.25) is 0 Å². The first-order valence-corrected chi connectivity index (χ1v) is 10.3. The van der Waals surface area contributed by atoms with E-state index in [1.165, 1.54) is 21.3 Å². The number of rotatable bonds is 5. The molecule has 1 fully saturated rings. The highest BCUT2D eigenvalue weighted by molar-refractivity contribution is 7.89. The fourth-order valence-corrected chi connectivity index (χ4v) is 4.67. The van der Waals surface area contributed by atoms with Crippen LogP contribution >= 0.6 is 11.6 Å². The smallest absolute Gasteiger partial charge is 0.243 e. The molecule has 0 aliphatic carbocycles. The Hall–Kier alpha value is -1.73. The van der Waals surface area contributed by atoms with Crippen molar-refractivity contribution in [2.24, 2.45) is 0 Å². The summed E-state index contributed by atoms with van der Waals surface area (Å²) in [4.78, 5) is 1.37.